The van der Waals surface area contributed by atoms with Crippen molar-refractivity contribution in [3.05, 3.63) is 93.5 Å². The van der Waals surface area contributed by atoms with Crippen LogP contribution in [0.3, 0.4) is 0 Å². The van der Waals surface area contributed by atoms with E-state index < -0.39 is 10.9 Å². The Hall–Kier alpha value is -3.67. The Morgan fingerprint density at radius 3 is 2.48 bits per heavy atom. The zero-order valence-electron chi connectivity index (χ0n) is 14.9. The van der Waals surface area contributed by atoms with Crippen molar-refractivity contribution in [1.82, 2.24) is 0 Å². The molecule has 0 atom stereocenters. The summed E-state index contributed by atoms with van der Waals surface area (Å²) in [7, 11) is 0. The quantitative estimate of drug-likeness (QED) is 0.293. The van der Waals surface area contributed by atoms with E-state index in [1.165, 1.54) is 18.2 Å². The second-order valence-corrected chi connectivity index (χ2v) is 6.14. The molecule has 3 rings (SSSR count). The van der Waals surface area contributed by atoms with Gasteiger partial charge in [0.1, 0.15) is 5.75 Å². The Balaban J connectivity index is 1.84. The van der Waals surface area contributed by atoms with Crippen LogP contribution in [0.5, 0.6) is 5.75 Å². The highest BCUT2D eigenvalue weighted by Crippen LogP contribution is 2.26. The van der Waals surface area contributed by atoms with Gasteiger partial charge in [0.25, 0.3) is 5.69 Å². The Morgan fingerprint density at radius 1 is 1.00 bits per heavy atom. The Labute approximate surface area is 156 Å². The number of aryl methyl sites for hydroxylation is 2. The van der Waals surface area contributed by atoms with E-state index in [1.807, 2.05) is 37.3 Å². The number of anilines is 2. The van der Waals surface area contributed by atoms with Crippen LogP contribution in [0.2, 0.25) is 0 Å². The monoisotopic (exact) mass is 362 g/mol. The molecule has 0 radical (unpaired) electrons. The van der Waals surface area contributed by atoms with Crippen LogP contribution in [-0.2, 0) is 0 Å². The summed E-state index contributed by atoms with van der Waals surface area (Å²) in [5.74, 6) is -0.251. The second-order valence-electron chi connectivity index (χ2n) is 6.14. The number of nitro groups is 1. The maximum Gasteiger partial charge on any atom is 0.345 e. The van der Waals surface area contributed by atoms with Crippen molar-refractivity contribution in [2.75, 3.05) is 5.32 Å². The molecule has 3 aromatic carbocycles. The van der Waals surface area contributed by atoms with Gasteiger partial charge in [-0.3, -0.25) is 10.1 Å². The van der Waals surface area contributed by atoms with Gasteiger partial charge in [0.15, 0.2) is 0 Å². The van der Waals surface area contributed by atoms with Crippen molar-refractivity contribution in [2.45, 2.75) is 13.8 Å². The summed E-state index contributed by atoms with van der Waals surface area (Å²) in [6.45, 7) is 3.65. The number of nitro benzene ring substituents is 1. The van der Waals surface area contributed by atoms with Crippen LogP contribution in [0.25, 0.3) is 0 Å². The minimum absolute atomic E-state index is 0.0474. The van der Waals surface area contributed by atoms with Gasteiger partial charge < -0.3 is 10.1 Å². The minimum Gasteiger partial charge on any atom is -0.423 e. The fourth-order valence-corrected chi connectivity index (χ4v) is 2.66. The van der Waals surface area contributed by atoms with Crippen LogP contribution >= 0.6 is 0 Å². The van der Waals surface area contributed by atoms with Gasteiger partial charge in [-0.25, -0.2) is 4.79 Å². The first-order chi connectivity index (χ1) is 12.9. The van der Waals surface area contributed by atoms with Crippen LogP contribution in [0, 0.1) is 24.0 Å². The zero-order chi connectivity index (χ0) is 19.4. The lowest BCUT2D eigenvalue weighted by molar-refractivity contribution is -0.384. The van der Waals surface area contributed by atoms with E-state index in [2.05, 4.69) is 5.32 Å². The molecule has 27 heavy (non-hydrogen) atoms. The molecule has 0 aliphatic carbocycles. The fourth-order valence-electron chi connectivity index (χ4n) is 2.66. The molecule has 0 bridgehead atoms. The predicted octanol–water partition coefficient (Wildman–Crippen LogP) is 5.17. The van der Waals surface area contributed by atoms with E-state index in [4.69, 9.17) is 4.74 Å². The molecule has 136 valence electrons. The molecule has 3 aromatic rings. The second kappa shape index (κ2) is 7.70. The van der Waals surface area contributed by atoms with Crippen LogP contribution in [-0.4, -0.2) is 10.9 Å². The maximum atomic E-state index is 12.7. The number of carbonyl (C=O) groups excluding carboxylic acids is 1. The van der Waals surface area contributed by atoms with E-state index in [0.717, 1.165) is 11.3 Å². The van der Waals surface area contributed by atoms with Crippen molar-refractivity contribution in [3.8, 4) is 5.75 Å². The third-order valence-corrected chi connectivity index (χ3v) is 4.02. The van der Waals surface area contributed by atoms with Gasteiger partial charge in [-0.1, -0.05) is 24.3 Å². The first kappa shape index (κ1) is 18.1. The van der Waals surface area contributed by atoms with Gasteiger partial charge in [0, 0.05) is 17.8 Å². The van der Waals surface area contributed by atoms with Gasteiger partial charge in [-0.05, 0) is 55.3 Å². The summed E-state index contributed by atoms with van der Waals surface area (Å²) in [6.07, 6.45) is 0. The average molecular weight is 362 g/mol. The number of rotatable bonds is 5. The van der Waals surface area contributed by atoms with Gasteiger partial charge in [-0.15, -0.1) is 0 Å². The van der Waals surface area contributed by atoms with Gasteiger partial charge >= 0.3 is 5.97 Å². The highest BCUT2D eigenvalue weighted by Gasteiger charge is 2.16. The standard InChI is InChI=1S/C21H18N2O4/c1-14-6-5-7-16(12-14)22-19-9-4-3-8-18(19)21(24)27-20-11-10-17(23(25)26)13-15(20)2/h3-13,22H,1-2H3. The molecule has 0 unspecified atom stereocenters. The number of benzene rings is 3. The first-order valence-corrected chi connectivity index (χ1v) is 8.34. The number of ether oxygens (including phenoxy) is 1. The van der Waals surface area contributed by atoms with Crippen LogP contribution in [0.4, 0.5) is 17.1 Å². The van der Waals surface area contributed by atoms with Crippen molar-refractivity contribution < 1.29 is 14.5 Å². The van der Waals surface area contributed by atoms with Crippen LogP contribution < -0.4 is 10.1 Å². The highest BCUT2D eigenvalue weighted by atomic mass is 16.6. The molecule has 0 aliphatic heterocycles. The number of esters is 1. The zero-order valence-corrected chi connectivity index (χ0v) is 14.9. The van der Waals surface area contributed by atoms with Crippen molar-refractivity contribution in [1.29, 1.82) is 0 Å². The molecule has 0 saturated carbocycles. The number of hydrogen-bond donors (Lipinski definition) is 1. The van der Waals surface area contributed by atoms with Gasteiger partial charge in [0.05, 0.1) is 16.2 Å². The molecule has 0 saturated heterocycles. The van der Waals surface area contributed by atoms with Crippen LogP contribution in [0.1, 0.15) is 21.5 Å². The minimum atomic E-state index is -0.539. The smallest absolute Gasteiger partial charge is 0.345 e. The summed E-state index contributed by atoms with van der Waals surface area (Å²) >= 11 is 0. The number of nitrogens with one attached hydrogen (secondary N) is 1. The van der Waals surface area contributed by atoms with E-state index in [0.29, 0.717) is 16.8 Å². The van der Waals surface area contributed by atoms with Crippen molar-refractivity contribution in [2.24, 2.45) is 0 Å². The summed E-state index contributed by atoms with van der Waals surface area (Å²) < 4.78 is 5.47. The van der Waals surface area contributed by atoms with E-state index >= 15 is 0 Å². The van der Waals surface area contributed by atoms with Crippen molar-refractivity contribution in [3.63, 3.8) is 0 Å². The average Bonchev–Trinajstić information content (AvgIpc) is 2.63. The summed E-state index contributed by atoms with van der Waals surface area (Å²) in [6, 6.07) is 19.0. The topological polar surface area (TPSA) is 81.5 Å². The normalized spacial score (nSPS) is 10.3. The molecule has 0 spiro atoms. The lowest BCUT2D eigenvalue weighted by Gasteiger charge is -2.13. The highest BCUT2D eigenvalue weighted by molar-refractivity contribution is 5.97. The first-order valence-electron chi connectivity index (χ1n) is 8.34. The summed E-state index contributed by atoms with van der Waals surface area (Å²) in [4.78, 5) is 23.0. The Bertz CT molecular complexity index is 1010. The maximum absolute atomic E-state index is 12.7. The van der Waals surface area contributed by atoms with Gasteiger partial charge in [-0.2, -0.15) is 0 Å². The Morgan fingerprint density at radius 2 is 1.78 bits per heavy atom. The molecular formula is C21H18N2O4. The molecular weight excluding hydrogens is 344 g/mol. The summed E-state index contributed by atoms with van der Waals surface area (Å²) in [5, 5.41) is 14.1. The molecule has 6 heteroatoms. The predicted molar refractivity (Wildman–Crippen MR) is 104 cm³/mol. The van der Waals surface area contributed by atoms with E-state index in [-0.39, 0.29) is 11.4 Å². The molecule has 0 heterocycles. The summed E-state index contributed by atoms with van der Waals surface area (Å²) in [5.41, 5.74) is 3.42. The number of nitrogens with zero attached hydrogens (tertiary/aromatic N) is 1. The molecule has 0 fully saturated rings. The van der Waals surface area contributed by atoms with E-state index in [1.54, 1.807) is 25.1 Å². The van der Waals surface area contributed by atoms with E-state index in [9.17, 15) is 14.9 Å². The third kappa shape index (κ3) is 4.30. The number of non-ortho nitro benzene ring substituents is 1. The molecule has 0 amide bonds. The van der Waals surface area contributed by atoms with Gasteiger partial charge in [0.2, 0.25) is 0 Å². The number of hydrogen-bond acceptors (Lipinski definition) is 5. The van der Waals surface area contributed by atoms with Crippen molar-refractivity contribution >= 4 is 23.0 Å². The number of para-hydroxylation sites is 1. The lowest BCUT2D eigenvalue weighted by Crippen LogP contribution is -2.11. The lowest BCUT2D eigenvalue weighted by atomic mass is 10.1. The third-order valence-electron chi connectivity index (χ3n) is 4.02. The molecule has 0 aromatic heterocycles. The van der Waals surface area contributed by atoms with Crippen LogP contribution in [0.15, 0.2) is 66.7 Å². The molecule has 0 aliphatic rings. The Kier molecular flexibility index (Phi) is 5.17. The number of carbonyl (C=O) groups is 1. The largest absolute Gasteiger partial charge is 0.423 e. The molecule has 1 N–H and O–H groups in total. The fraction of sp³-hybridized carbons (Fsp3) is 0.0952. The molecule has 6 nitrogen and oxygen atoms in total. The SMILES string of the molecule is Cc1cccc(Nc2ccccc2C(=O)Oc2ccc([N+](=O)[O-])cc2C)c1.